The Morgan fingerprint density at radius 2 is 1.63 bits per heavy atom. The SMILES string of the molecule is C#CC(=O)OCC(C)(CCCC)CCCCCCC. The van der Waals surface area contributed by atoms with Crippen molar-refractivity contribution in [2.45, 2.75) is 78.6 Å². The molecule has 0 aliphatic heterocycles. The van der Waals surface area contributed by atoms with Crippen LogP contribution >= 0.6 is 0 Å². The molecule has 0 spiro atoms. The molecule has 0 aromatic heterocycles. The Bertz CT molecular complexity index is 277. The summed E-state index contributed by atoms with van der Waals surface area (Å²) in [6.45, 7) is 7.09. The van der Waals surface area contributed by atoms with Gasteiger partial charge in [-0.2, -0.15) is 0 Å². The molecule has 0 radical (unpaired) electrons. The number of carbonyl (C=O) groups excluding carboxylic acids is 1. The van der Waals surface area contributed by atoms with Gasteiger partial charge in [0.25, 0.3) is 0 Å². The minimum atomic E-state index is -0.534. The highest BCUT2D eigenvalue weighted by Gasteiger charge is 2.25. The maximum absolute atomic E-state index is 11.1. The second-order valence-corrected chi connectivity index (χ2v) is 5.80. The third-order valence-corrected chi connectivity index (χ3v) is 3.69. The number of unbranched alkanes of at least 4 members (excludes halogenated alkanes) is 5. The molecule has 0 aromatic carbocycles. The fourth-order valence-corrected chi connectivity index (χ4v) is 2.31. The lowest BCUT2D eigenvalue weighted by atomic mass is 9.80. The summed E-state index contributed by atoms with van der Waals surface area (Å²) in [7, 11) is 0. The first kappa shape index (κ1) is 18.0. The maximum Gasteiger partial charge on any atom is 0.384 e. The predicted molar refractivity (Wildman–Crippen MR) is 80.8 cm³/mol. The molecule has 1 unspecified atom stereocenters. The summed E-state index contributed by atoms with van der Waals surface area (Å²) < 4.78 is 5.16. The topological polar surface area (TPSA) is 26.3 Å². The average molecular weight is 266 g/mol. The van der Waals surface area contributed by atoms with Gasteiger partial charge in [-0.05, 0) is 12.8 Å². The normalized spacial score (nSPS) is 13.6. The molecule has 0 saturated carbocycles. The fraction of sp³-hybridized carbons (Fsp3) is 0.824. The third-order valence-electron chi connectivity index (χ3n) is 3.69. The molecule has 0 aromatic rings. The Labute approximate surface area is 119 Å². The molecule has 2 heteroatoms. The van der Waals surface area contributed by atoms with E-state index in [9.17, 15) is 4.79 Å². The zero-order valence-electron chi connectivity index (χ0n) is 13.0. The van der Waals surface area contributed by atoms with Crippen LogP contribution in [-0.4, -0.2) is 12.6 Å². The van der Waals surface area contributed by atoms with Crippen molar-refractivity contribution in [3.63, 3.8) is 0 Å². The number of esters is 1. The van der Waals surface area contributed by atoms with E-state index < -0.39 is 5.97 Å². The molecule has 0 amide bonds. The number of hydrogen-bond acceptors (Lipinski definition) is 2. The lowest BCUT2D eigenvalue weighted by Gasteiger charge is -2.28. The van der Waals surface area contributed by atoms with Gasteiger partial charge < -0.3 is 4.74 Å². The summed E-state index contributed by atoms with van der Waals surface area (Å²) in [5.74, 6) is 1.48. The first-order chi connectivity index (χ1) is 9.08. The summed E-state index contributed by atoms with van der Waals surface area (Å²) in [5.41, 5.74) is 0.0920. The Balaban J connectivity index is 4.10. The lowest BCUT2D eigenvalue weighted by molar-refractivity contribution is -0.140. The van der Waals surface area contributed by atoms with Crippen LogP contribution in [0.15, 0.2) is 0 Å². The van der Waals surface area contributed by atoms with Crippen molar-refractivity contribution >= 4 is 5.97 Å². The molecule has 1 atom stereocenters. The summed E-state index contributed by atoms with van der Waals surface area (Å²) in [4.78, 5) is 11.1. The van der Waals surface area contributed by atoms with E-state index in [1.54, 1.807) is 0 Å². The lowest BCUT2D eigenvalue weighted by Crippen LogP contribution is -2.25. The van der Waals surface area contributed by atoms with Crippen LogP contribution < -0.4 is 0 Å². The van der Waals surface area contributed by atoms with Crippen LogP contribution in [0.4, 0.5) is 0 Å². The average Bonchev–Trinajstić information content (AvgIpc) is 2.42. The van der Waals surface area contributed by atoms with Gasteiger partial charge in [0.15, 0.2) is 0 Å². The minimum Gasteiger partial charge on any atom is -0.456 e. The smallest absolute Gasteiger partial charge is 0.384 e. The van der Waals surface area contributed by atoms with Crippen LogP contribution in [0.2, 0.25) is 0 Å². The third kappa shape index (κ3) is 9.59. The molecule has 19 heavy (non-hydrogen) atoms. The van der Waals surface area contributed by atoms with E-state index in [4.69, 9.17) is 11.2 Å². The van der Waals surface area contributed by atoms with Gasteiger partial charge in [0, 0.05) is 11.3 Å². The van der Waals surface area contributed by atoms with E-state index in [-0.39, 0.29) is 5.41 Å². The summed E-state index contributed by atoms with van der Waals surface area (Å²) in [6.07, 6.45) is 16.0. The molecule has 0 saturated heterocycles. The van der Waals surface area contributed by atoms with E-state index in [0.29, 0.717) is 6.61 Å². The van der Waals surface area contributed by atoms with Gasteiger partial charge in [-0.3, -0.25) is 0 Å². The Hall–Kier alpha value is -0.970. The predicted octanol–water partition coefficient (Wildman–Crippen LogP) is 4.72. The maximum atomic E-state index is 11.1. The van der Waals surface area contributed by atoms with E-state index in [0.717, 1.165) is 12.8 Å². The van der Waals surface area contributed by atoms with Crippen molar-refractivity contribution in [2.75, 3.05) is 6.61 Å². The van der Waals surface area contributed by atoms with Gasteiger partial charge in [0.05, 0.1) is 6.61 Å². The first-order valence-corrected chi connectivity index (χ1v) is 7.71. The van der Waals surface area contributed by atoms with Gasteiger partial charge >= 0.3 is 5.97 Å². The number of rotatable bonds is 11. The molecular weight excluding hydrogens is 236 g/mol. The molecule has 0 aliphatic rings. The highest BCUT2D eigenvalue weighted by atomic mass is 16.5. The van der Waals surface area contributed by atoms with Gasteiger partial charge in [-0.15, -0.1) is 6.42 Å². The van der Waals surface area contributed by atoms with Crippen molar-refractivity contribution in [2.24, 2.45) is 5.41 Å². The minimum absolute atomic E-state index is 0.0920. The van der Waals surface area contributed by atoms with Gasteiger partial charge in [0.1, 0.15) is 0 Å². The largest absolute Gasteiger partial charge is 0.456 e. The molecular formula is C17H30O2. The van der Waals surface area contributed by atoms with E-state index in [1.807, 2.05) is 5.92 Å². The Morgan fingerprint density at radius 3 is 2.21 bits per heavy atom. The van der Waals surface area contributed by atoms with Crippen LogP contribution in [-0.2, 0) is 9.53 Å². The highest BCUT2D eigenvalue weighted by Crippen LogP contribution is 2.31. The zero-order valence-corrected chi connectivity index (χ0v) is 13.0. The van der Waals surface area contributed by atoms with E-state index in [2.05, 4.69) is 20.8 Å². The fourth-order valence-electron chi connectivity index (χ4n) is 2.31. The van der Waals surface area contributed by atoms with Gasteiger partial charge in [-0.1, -0.05) is 65.7 Å². The van der Waals surface area contributed by atoms with Gasteiger partial charge in [0.2, 0.25) is 0 Å². The van der Waals surface area contributed by atoms with Crippen molar-refractivity contribution in [1.29, 1.82) is 0 Å². The van der Waals surface area contributed by atoms with Crippen molar-refractivity contribution in [3.05, 3.63) is 0 Å². The van der Waals surface area contributed by atoms with Crippen molar-refractivity contribution in [1.82, 2.24) is 0 Å². The van der Waals surface area contributed by atoms with Crippen LogP contribution in [0.1, 0.15) is 78.6 Å². The monoisotopic (exact) mass is 266 g/mol. The van der Waals surface area contributed by atoms with Crippen LogP contribution in [0.25, 0.3) is 0 Å². The Morgan fingerprint density at radius 1 is 1.05 bits per heavy atom. The van der Waals surface area contributed by atoms with E-state index >= 15 is 0 Å². The van der Waals surface area contributed by atoms with Crippen molar-refractivity contribution < 1.29 is 9.53 Å². The second-order valence-electron chi connectivity index (χ2n) is 5.80. The molecule has 0 heterocycles. The molecule has 0 aliphatic carbocycles. The summed E-state index contributed by atoms with van der Waals surface area (Å²) in [6, 6.07) is 0. The van der Waals surface area contributed by atoms with Crippen molar-refractivity contribution in [3.8, 4) is 12.3 Å². The standard InChI is InChI=1S/C17H30O2/c1-5-8-10-11-12-14-17(4,13-9-6-2)15-19-16(18)7-3/h3H,5-6,8-15H2,1-2,4H3. The van der Waals surface area contributed by atoms with Crippen LogP contribution in [0.3, 0.4) is 0 Å². The Kier molecular flexibility index (Phi) is 10.4. The quantitative estimate of drug-likeness (QED) is 0.234. The molecule has 0 rings (SSSR count). The molecule has 2 nitrogen and oxygen atoms in total. The number of ether oxygens (including phenoxy) is 1. The first-order valence-electron chi connectivity index (χ1n) is 7.71. The number of carbonyl (C=O) groups is 1. The van der Waals surface area contributed by atoms with Crippen LogP contribution in [0.5, 0.6) is 0 Å². The highest BCUT2D eigenvalue weighted by molar-refractivity contribution is 5.87. The molecule has 0 bridgehead atoms. The van der Waals surface area contributed by atoms with Crippen LogP contribution in [0, 0.1) is 17.8 Å². The second kappa shape index (κ2) is 10.9. The molecule has 0 fully saturated rings. The molecule has 0 N–H and O–H groups in total. The number of terminal acetylenes is 1. The molecule has 110 valence electrons. The summed E-state index contributed by atoms with van der Waals surface area (Å²) >= 11 is 0. The summed E-state index contributed by atoms with van der Waals surface area (Å²) in [5, 5.41) is 0. The van der Waals surface area contributed by atoms with E-state index in [1.165, 1.54) is 44.9 Å². The zero-order chi connectivity index (χ0) is 14.6. The van der Waals surface area contributed by atoms with Gasteiger partial charge in [-0.25, -0.2) is 4.79 Å². The number of hydrogen-bond donors (Lipinski definition) is 0.